The highest BCUT2D eigenvalue weighted by molar-refractivity contribution is 5.93. The standard InChI is InChI=1S/C18H21N3O/c1-14-5-4-6-15(11-14)13-20-18(22)17-12-16(7-8-19-17)21-9-2-3-10-21/h4-8,11-12H,2-3,9-10,13H2,1H3,(H,20,22). The van der Waals surface area contributed by atoms with Crippen molar-refractivity contribution in [3.05, 3.63) is 59.4 Å². The Balaban J connectivity index is 1.65. The summed E-state index contributed by atoms with van der Waals surface area (Å²) < 4.78 is 0. The van der Waals surface area contributed by atoms with E-state index in [1.54, 1.807) is 6.20 Å². The SMILES string of the molecule is Cc1cccc(CNC(=O)c2cc(N3CCCC3)ccn2)c1. The second kappa shape index (κ2) is 6.60. The Bertz CT molecular complexity index is 663. The van der Waals surface area contributed by atoms with Crippen LogP contribution in [0.15, 0.2) is 42.6 Å². The number of anilines is 1. The normalized spacial score (nSPS) is 14.1. The van der Waals surface area contributed by atoms with Crippen LogP contribution in [-0.2, 0) is 6.54 Å². The Morgan fingerprint density at radius 1 is 1.23 bits per heavy atom. The third-order valence-electron chi connectivity index (χ3n) is 3.98. The van der Waals surface area contributed by atoms with Crippen LogP contribution in [0.25, 0.3) is 0 Å². The van der Waals surface area contributed by atoms with Gasteiger partial charge in [0.2, 0.25) is 0 Å². The molecule has 0 aliphatic carbocycles. The van der Waals surface area contributed by atoms with Gasteiger partial charge in [0.05, 0.1) is 0 Å². The molecule has 1 saturated heterocycles. The number of aryl methyl sites for hydroxylation is 1. The number of hydrogen-bond acceptors (Lipinski definition) is 3. The summed E-state index contributed by atoms with van der Waals surface area (Å²) in [7, 11) is 0. The van der Waals surface area contributed by atoms with E-state index in [-0.39, 0.29) is 5.91 Å². The number of amides is 1. The van der Waals surface area contributed by atoms with Crippen molar-refractivity contribution in [2.24, 2.45) is 0 Å². The van der Waals surface area contributed by atoms with Crippen molar-refractivity contribution < 1.29 is 4.79 Å². The second-order valence-electron chi connectivity index (χ2n) is 5.77. The molecule has 0 atom stereocenters. The molecule has 1 fully saturated rings. The molecule has 1 N–H and O–H groups in total. The first-order chi connectivity index (χ1) is 10.7. The summed E-state index contributed by atoms with van der Waals surface area (Å²) in [6.07, 6.45) is 4.16. The smallest absolute Gasteiger partial charge is 0.270 e. The molecular formula is C18H21N3O. The summed E-state index contributed by atoms with van der Waals surface area (Å²) in [5.74, 6) is -0.123. The zero-order valence-electron chi connectivity index (χ0n) is 12.9. The molecule has 4 heteroatoms. The van der Waals surface area contributed by atoms with Gasteiger partial charge >= 0.3 is 0 Å². The molecule has 1 aliphatic heterocycles. The molecule has 0 saturated carbocycles. The Labute approximate surface area is 131 Å². The van der Waals surface area contributed by atoms with Gasteiger partial charge in [-0.3, -0.25) is 9.78 Å². The summed E-state index contributed by atoms with van der Waals surface area (Å²) >= 11 is 0. The van der Waals surface area contributed by atoms with Gasteiger partial charge in [-0.25, -0.2) is 0 Å². The van der Waals surface area contributed by atoms with Gasteiger partial charge in [0, 0.05) is 31.5 Å². The maximum Gasteiger partial charge on any atom is 0.270 e. The quantitative estimate of drug-likeness (QED) is 0.943. The highest BCUT2D eigenvalue weighted by Crippen LogP contribution is 2.20. The predicted molar refractivity (Wildman–Crippen MR) is 88.0 cm³/mol. The van der Waals surface area contributed by atoms with Crippen molar-refractivity contribution in [3.63, 3.8) is 0 Å². The Hall–Kier alpha value is -2.36. The first-order valence-electron chi connectivity index (χ1n) is 7.77. The van der Waals surface area contributed by atoms with Crippen molar-refractivity contribution in [2.45, 2.75) is 26.3 Å². The van der Waals surface area contributed by atoms with E-state index >= 15 is 0 Å². The van der Waals surface area contributed by atoms with Gasteiger partial charge in [-0.2, -0.15) is 0 Å². The molecular weight excluding hydrogens is 274 g/mol. The topological polar surface area (TPSA) is 45.2 Å². The summed E-state index contributed by atoms with van der Waals surface area (Å²) in [5.41, 5.74) is 3.87. The maximum atomic E-state index is 12.3. The van der Waals surface area contributed by atoms with Gasteiger partial charge < -0.3 is 10.2 Å². The van der Waals surface area contributed by atoms with Crippen LogP contribution in [0.5, 0.6) is 0 Å². The van der Waals surface area contributed by atoms with Crippen LogP contribution >= 0.6 is 0 Å². The van der Waals surface area contributed by atoms with E-state index in [2.05, 4.69) is 21.3 Å². The molecule has 0 unspecified atom stereocenters. The van der Waals surface area contributed by atoms with Crippen LogP contribution in [0.1, 0.15) is 34.5 Å². The van der Waals surface area contributed by atoms with Crippen LogP contribution in [0.4, 0.5) is 5.69 Å². The number of nitrogens with one attached hydrogen (secondary N) is 1. The van der Waals surface area contributed by atoms with E-state index in [4.69, 9.17) is 0 Å². The summed E-state index contributed by atoms with van der Waals surface area (Å²) in [4.78, 5) is 18.8. The third kappa shape index (κ3) is 3.45. The molecule has 1 aromatic carbocycles. The number of rotatable bonds is 4. The fraction of sp³-hybridized carbons (Fsp3) is 0.333. The molecule has 114 valence electrons. The van der Waals surface area contributed by atoms with Crippen molar-refractivity contribution >= 4 is 11.6 Å². The minimum absolute atomic E-state index is 0.123. The van der Waals surface area contributed by atoms with Crippen LogP contribution in [-0.4, -0.2) is 24.0 Å². The lowest BCUT2D eigenvalue weighted by Crippen LogP contribution is -2.25. The highest BCUT2D eigenvalue weighted by atomic mass is 16.1. The number of carbonyl (C=O) groups excluding carboxylic acids is 1. The molecule has 2 aromatic rings. The van der Waals surface area contributed by atoms with Gasteiger partial charge in [0.1, 0.15) is 5.69 Å². The lowest BCUT2D eigenvalue weighted by atomic mass is 10.1. The molecule has 2 heterocycles. The predicted octanol–water partition coefficient (Wildman–Crippen LogP) is 2.92. The summed E-state index contributed by atoms with van der Waals surface area (Å²) in [5, 5.41) is 2.94. The number of aromatic nitrogens is 1. The summed E-state index contributed by atoms with van der Waals surface area (Å²) in [6.45, 7) is 4.70. The van der Waals surface area contributed by atoms with Crippen LogP contribution in [0.2, 0.25) is 0 Å². The molecule has 4 nitrogen and oxygen atoms in total. The van der Waals surface area contributed by atoms with Crippen LogP contribution in [0.3, 0.4) is 0 Å². The van der Waals surface area contributed by atoms with E-state index < -0.39 is 0 Å². The zero-order valence-corrected chi connectivity index (χ0v) is 12.9. The lowest BCUT2D eigenvalue weighted by molar-refractivity contribution is 0.0946. The Morgan fingerprint density at radius 3 is 2.82 bits per heavy atom. The number of pyridine rings is 1. The first-order valence-corrected chi connectivity index (χ1v) is 7.77. The van der Waals surface area contributed by atoms with E-state index in [1.807, 2.05) is 37.3 Å². The minimum Gasteiger partial charge on any atom is -0.371 e. The van der Waals surface area contributed by atoms with E-state index in [9.17, 15) is 4.79 Å². The highest BCUT2D eigenvalue weighted by Gasteiger charge is 2.14. The number of nitrogens with zero attached hydrogens (tertiary/aromatic N) is 2. The fourth-order valence-corrected chi connectivity index (χ4v) is 2.81. The van der Waals surface area contributed by atoms with Gasteiger partial charge in [-0.05, 0) is 37.5 Å². The van der Waals surface area contributed by atoms with Gasteiger partial charge in [0.25, 0.3) is 5.91 Å². The molecule has 1 aliphatic rings. The Kier molecular flexibility index (Phi) is 4.37. The number of carbonyl (C=O) groups is 1. The van der Waals surface area contributed by atoms with E-state index in [0.717, 1.165) is 24.3 Å². The third-order valence-corrected chi connectivity index (χ3v) is 3.98. The average Bonchev–Trinajstić information content (AvgIpc) is 3.07. The van der Waals surface area contributed by atoms with Crippen molar-refractivity contribution in [3.8, 4) is 0 Å². The number of hydrogen-bond donors (Lipinski definition) is 1. The van der Waals surface area contributed by atoms with E-state index in [0.29, 0.717) is 12.2 Å². The largest absolute Gasteiger partial charge is 0.371 e. The van der Waals surface area contributed by atoms with Crippen LogP contribution in [0, 0.1) is 6.92 Å². The maximum absolute atomic E-state index is 12.3. The van der Waals surface area contributed by atoms with E-state index in [1.165, 1.54) is 18.4 Å². The lowest BCUT2D eigenvalue weighted by Gasteiger charge is -2.17. The van der Waals surface area contributed by atoms with Gasteiger partial charge in [-0.15, -0.1) is 0 Å². The minimum atomic E-state index is -0.123. The molecule has 22 heavy (non-hydrogen) atoms. The summed E-state index contributed by atoms with van der Waals surface area (Å²) in [6, 6.07) is 12.0. The number of benzene rings is 1. The Morgan fingerprint density at radius 2 is 2.05 bits per heavy atom. The zero-order chi connectivity index (χ0) is 15.4. The van der Waals surface area contributed by atoms with Gasteiger partial charge in [-0.1, -0.05) is 29.8 Å². The molecule has 0 bridgehead atoms. The fourth-order valence-electron chi connectivity index (χ4n) is 2.81. The molecule has 3 rings (SSSR count). The first kappa shape index (κ1) is 14.6. The van der Waals surface area contributed by atoms with Crippen molar-refractivity contribution in [1.29, 1.82) is 0 Å². The molecule has 1 aromatic heterocycles. The second-order valence-corrected chi connectivity index (χ2v) is 5.77. The molecule has 0 radical (unpaired) electrons. The van der Waals surface area contributed by atoms with Gasteiger partial charge in [0.15, 0.2) is 0 Å². The van der Waals surface area contributed by atoms with Crippen molar-refractivity contribution in [2.75, 3.05) is 18.0 Å². The monoisotopic (exact) mass is 295 g/mol. The van der Waals surface area contributed by atoms with Crippen LogP contribution < -0.4 is 10.2 Å². The molecule has 1 amide bonds. The average molecular weight is 295 g/mol. The van der Waals surface area contributed by atoms with Crippen molar-refractivity contribution in [1.82, 2.24) is 10.3 Å². The molecule has 0 spiro atoms.